The molecule has 106 heavy (non-hydrogen) atoms. The van der Waals surface area contributed by atoms with Crippen molar-refractivity contribution in [3.63, 3.8) is 0 Å². The van der Waals surface area contributed by atoms with Crippen molar-refractivity contribution in [3.05, 3.63) is 134 Å². The van der Waals surface area contributed by atoms with Crippen LogP contribution in [0.3, 0.4) is 0 Å². The van der Waals surface area contributed by atoms with Gasteiger partial charge in [0.1, 0.15) is 19.3 Å². The number of rotatable bonds is 77. The van der Waals surface area contributed by atoms with Crippen LogP contribution in [-0.4, -0.2) is 96.7 Å². The number of hydrogen-bond acceptors (Lipinski definition) is 15. The molecule has 17 nitrogen and oxygen atoms in total. The molecule has 0 heterocycles. The highest BCUT2D eigenvalue weighted by Crippen LogP contribution is 2.45. The minimum atomic E-state index is -5.00. The number of phosphoric ester groups is 2. The van der Waals surface area contributed by atoms with Crippen LogP contribution in [0.4, 0.5) is 0 Å². The molecule has 5 atom stereocenters. The Hall–Kier alpha value is -4.80. The van der Waals surface area contributed by atoms with Gasteiger partial charge in [-0.15, -0.1) is 0 Å². The topological polar surface area (TPSA) is 237 Å². The van der Waals surface area contributed by atoms with Crippen LogP contribution in [0, 0.1) is 0 Å². The largest absolute Gasteiger partial charge is 0.472 e. The van der Waals surface area contributed by atoms with E-state index in [-0.39, 0.29) is 25.7 Å². The first-order valence-corrected chi connectivity index (χ1v) is 44.4. The summed E-state index contributed by atoms with van der Waals surface area (Å²) < 4.78 is 68.6. The zero-order valence-electron chi connectivity index (χ0n) is 66.6. The third kappa shape index (κ3) is 77.4. The third-order valence-electron chi connectivity index (χ3n) is 17.1. The number of hydrogen-bond donors (Lipinski definition) is 3. The van der Waals surface area contributed by atoms with Crippen molar-refractivity contribution in [1.29, 1.82) is 0 Å². The van der Waals surface area contributed by atoms with Gasteiger partial charge in [-0.1, -0.05) is 309 Å². The van der Waals surface area contributed by atoms with Crippen molar-refractivity contribution in [2.75, 3.05) is 39.6 Å². The predicted octanol–water partition coefficient (Wildman–Crippen LogP) is 24.4. The van der Waals surface area contributed by atoms with E-state index in [0.29, 0.717) is 32.1 Å². The Bertz CT molecular complexity index is 2530. The Morgan fingerprint density at radius 1 is 0.274 bits per heavy atom. The van der Waals surface area contributed by atoms with Gasteiger partial charge in [-0.25, -0.2) is 9.13 Å². The van der Waals surface area contributed by atoms with Crippen molar-refractivity contribution in [1.82, 2.24) is 0 Å². The number of carbonyl (C=O) groups excluding carboxylic acids is 4. The molecule has 3 N–H and O–H groups in total. The van der Waals surface area contributed by atoms with Crippen LogP contribution < -0.4 is 0 Å². The third-order valence-corrected chi connectivity index (χ3v) is 19.0. The fraction of sp³-hybridized carbons (Fsp3) is 0.701. The molecule has 2 unspecified atom stereocenters. The Labute approximate surface area is 644 Å². The van der Waals surface area contributed by atoms with Gasteiger partial charge in [0.2, 0.25) is 0 Å². The molecule has 0 fully saturated rings. The Kier molecular flexibility index (Phi) is 74.8. The van der Waals surface area contributed by atoms with E-state index in [1.165, 1.54) is 109 Å². The average Bonchev–Trinajstić information content (AvgIpc) is 0.902. The molecule has 0 saturated carbocycles. The average molecular weight is 1530 g/mol. The number of unbranched alkanes of at least 4 members (excludes halogenated alkanes) is 29. The minimum Gasteiger partial charge on any atom is -0.462 e. The normalized spacial score (nSPS) is 14.5. The fourth-order valence-electron chi connectivity index (χ4n) is 10.8. The lowest BCUT2D eigenvalue weighted by molar-refractivity contribution is -0.161. The standard InChI is InChI=1S/C87H148O17P2/c1-5-9-13-17-21-25-29-33-36-38-40-42-45-48-52-56-60-64-68-72-85(90)98-78-83(103-86(91)73-69-65-61-57-53-49-44-35-31-27-23-19-15-11-7-3)80-102-106(95,96)100-76-81(88)75-99-105(93,94)101-79-82(77-97-84(89)71-67-63-59-55-51-47-32-28-24-20-16-12-8-4)104-87(92)74-70-66-62-58-54-50-46-43-41-39-37-34-30-26-22-18-14-10-6-2/h9,13,21-22,25-26,33-37,40-44,48,50,52,54,62,66,81-83,88H,5-8,10-12,14-20,23-24,27-32,38-39,45-47,49,51,53,55-61,63-65,67-80H2,1-4H3,(H,93,94)(H,95,96)/b13-9-,25-21-,26-22-,36-33-,37-34-,42-40-,43-41-,44-35-,52-48-,54-50-,66-62-/t81-,82+,83+/m0/s1. The first-order chi connectivity index (χ1) is 51.7. The summed E-state index contributed by atoms with van der Waals surface area (Å²) in [5, 5.41) is 10.7. The van der Waals surface area contributed by atoms with Crippen molar-refractivity contribution >= 4 is 39.5 Å². The maximum Gasteiger partial charge on any atom is 0.472 e. The molecule has 0 aromatic heterocycles. The molecule has 608 valence electrons. The molecule has 0 aliphatic carbocycles. The molecule has 0 aliphatic rings. The van der Waals surface area contributed by atoms with Crippen molar-refractivity contribution in [2.45, 2.75) is 354 Å². The molecular weight excluding hydrogens is 1380 g/mol. The molecule has 19 heteroatoms. The van der Waals surface area contributed by atoms with Crippen LogP contribution in [0.15, 0.2) is 134 Å². The molecule has 0 aromatic carbocycles. The number of esters is 4. The zero-order chi connectivity index (χ0) is 77.4. The lowest BCUT2D eigenvalue weighted by Gasteiger charge is -2.21. The number of aliphatic hydroxyl groups excluding tert-OH is 1. The van der Waals surface area contributed by atoms with Gasteiger partial charge in [0.15, 0.2) is 12.2 Å². The van der Waals surface area contributed by atoms with Gasteiger partial charge in [-0.3, -0.25) is 37.3 Å². The maximum absolute atomic E-state index is 13.1. The van der Waals surface area contributed by atoms with Crippen LogP contribution in [0.1, 0.15) is 336 Å². The summed E-state index contributed by atoms with van der Waals surface area (Å²) in [5.41, 5.74) is 0. The highest BCUT2D eigenvalue weighted by molar-refractivity contribution is 7.47. The van der Waals surface area contributed by atoms with Crippen LogP contribution >= 0.6 is 15.6 Å². The van der Waals surface area contributed by atoms with E-state index in [2.05, 4.69) is 143 Å². The summed E-state index contributed by atoms with van der Waals surface area (Å²) in [5.74, 6) is -2.31. The Morgan fingerprint density at radius 2 is 0.509 bits per heavy atom. The summed E-state index contributed by atoms with van der Waals surface area (Å²) in [6, 6.07) is 0. The molecule has 0 radical (unpaired) electrons. The number of allylic oxidation sites excluding steroid dienone is 22. The van der Waals surface area contributed by atoms with Gasteiger partial charge in [-0.05, 0) is 135 Å². The van der Waals surface area contributed by atoms with E-state index in [1.54, 1.807) is 0 Å². The molecular formula is C87H148O17P2. The molecule has 0 rings (SSSR count). The molecule has 0 aromatic rings. The van der Waals surface area contributed by atoms with Gasteiger partial charge in [0.05, 0.1) is 26.4 Å². The second-order valence-electron chi connectivity index (χ2n) is 27.3. The zero-order valence-corrected chi connectivity index (χ0v) is 68.4. The van der Waals surface area contributed by atoms with Crippen LogP contribution in [0.25, 0.3) is 0 Å². The first kappa shape index (κ1) is 101. The first-order valence-electron chi connectivity index (χ1n) is 41.4. The fourth-order valence-corrected chi connectivity index (χ4v) is 12.4. The molecule has 0 spiro atoms. The lowest BCUT2D eigenvalue weighted by Crippen LogP contribution is -2.30. The smallest absolute Gasteiger partial charge is 0.462 e. The van der Waals surface area contributed by atoms with Gasteiger partial charge in [-0.2, -0.15) is 0 Å². The van der Waals surface area contributed by atoms with E-state index in [1.807, 2.05) is 18.2 Å². The van der Waals surface area contributed by atoms with Crippen molar-refractivity contribution in [2.24, 2.45) is 0 Å². The summed E-state index contributed by atoms with van der Waals surface area (Å²) in [4.78, 5) is 73.1. The molecule has 0 bridgehead atoms. The number of phosphoric acid groups is 2. The summed E-state index contributed by atoms with van der Waals surface area (Å²) in [6.07, 6.45) is 88.7. The lowest BCUT2D eigenvalue weighted by atomic mass is 10.0. The van der Waals surface area contributed by atoms with E-state index < -0.39 is 97.5 Å². The van der Waals surface area contributed by atoms with Crippen LogP contribution in [0.2, 0.25) is 0 Å². The minimum absolute atomic E-state index is 0.0296. The van der Waals surface area contributed by atoms with Gasteiger partial charge in [0.25, 0.3) is 0 Å². The van der Waals surface area contributed by atoms with Gasteiger partial charge < -0.3 is 33.8 Å². The monoisotopic (exact) mass is 1530 g/mol. The van der Waals surface area contributed by atoms with Crippen LogP contribution in [-0.2, 0) is 65.4 Å². The molecule has 0 amide bonds. The highest BCUT2D eigenvalue weighted by atomic mass is 31.2. The van der Waals surface area contributed by atoms with E-state index in [9.17, 15) is 43.2 Å². The highest BCUT2D eigenvalue weighted by Gasteiger charge is 2.30. The summed E-state index contributed by atoms with van der Waals surface area (Å²) in [7, 11) is -10.00. The summed E-state index contributed by atoms with van der Waals surface area (Å²) in [6.45, 7) is 4.62. The second-order valence-corrected chi connectivity index (χ2v) is 30.2. The number of carbonyl (C=O) groups is 4. The second kappa shape index (κ2) is 78.3. The molecule has 0 aliphatic heterocycles. The maximum atomic E-state index is 13.1. The Balaban J connectivity index is 5.46. The SMILES string of the molecule is CC/C=C\C/C=C\C/C=C\C/C=C\C/C=C\CCCCCC(=O)OC[C@H](COP(=O)(O)OC[C@@H](O)COP(=O)(O)OC[C@@H](COC(=O)CCCCCCCCCCCCCCC)OC(=O)CC/C=C\C/C=C\C/C=C\C/C=C\C/C=C\CCCCC)OC(=O)CCCCCCC/C=C\CCCCCCCC. The van der Waals surface area contributed by atoms with Crippen molar-refractivity contribution in [3.8, 4) is 0 Å². The quantitative estimate of drug-likeness (QED) is 0.0169. The number of ether oxygens (including phenoxy) is 4. The Morgan fingerprint density at radius 3 is 0.849 bits per heavy atom. The van der Waals surface area contributed by atoms with Gasteiger partial charge in [0, 0.05) is 25.7 Å². The van der Waals surface area contributed by atoms with Gasteiger partial charge >= 0.3 is 39.5 Å². The van der Waals surface area contributed by atoms with Crippen LogP contribution in [0.5, 0.6) is 0 Å². The number of aliphatic hydroxyl groups is 1. The predicted molar refractivity (Wildman–Crippen MR) is 436 cm³/mol. The van der Waals surface area contributed by atoms with E-state index in [0.717, 1.165) is 141 Å². The van der Waals surface area contributed by atoms with Crippen molar-refractivity contribution < 1.29 is 80.2 Å². The molecule has 0 saturated heterocycles. The summed E-state index contributed by atoms with van der Waals surface area (Å²) >= 11 is 0. The van der Waals surface area contributed by atoms with E-state index in [4.69, 9.17) is 37.0 Å². The van der Waals surface area contributed by atoms with E-state index >= 15 is 0 Å².